The van der Waals surface area contributed by atoms with Crippen LogP contribution >= 0.6 is 11.8 Å². The van der Waals surface area contributed by atoms with Gasteiger partial charge in [0.2, 0.25) is 5.91 Å². The summed E-state index contributed by atoms with van der Waals surface area (Å²) in [7, 11) is 1.54. The van der Waals surface area contributed by atoms with Crippen molar-refractivity contribution in [3.05, 3.63) is 18.2 Å². The molecule has 1 aliphatic heterocycles. The first-order valence-electron chi connectivity index (χ1n) is 8.85. The van der Waals surface area contributed by atoms with Crippen molar-refractivity contribution >= 4 is 29.3 Å². The number of anilines is 1. The van der Waals surface area contributed by atoms with Gasteiger partial charge in [-0.25, -0.2) is 0 Å². The molecule has 2 aliphatic rings. The Kier molecular flexibility index (Phi) is 6.62. The molecule has 0 bridgehead atoms. The summed E-state index contributed by atoms with van der Waals surface area (Å²) in [5.74, 6) is 2.79. The van der Waals surface area contributed by atoms with Crippen LogP contribution in [0.5, 0.6) is 11.5 Å². The largest absolute Gasteiger partial charge is 0.493 e. The Bertz CT molecular complexity index is 645. The van der Waals surface area contributed by atoms with E-state index in [1.54, 1.807) is 18.2 Å². The number of benzene rings is 1. The van der Waals surface area contributed by atoms with Crippen molar-refractivity contribution < 1.29 is 19.1 Å². The van der Waals surface area contributed by atoms with Crippen LogP contribution in [-0.4, -0.2) is 55.7 Å². The third-order valence-electron chi connectivity index (χ3n) is 4.18. The molecule has 1 saturated carbocycles. The Morgan fingerprint density at radius 1 is 1.27 bits per heavy atom. The Hall–Kier alpha value is -1.93. The molecule has 8 heteroatoms. The van der Waals surface area contributed by atoms with Crippen LogP contribution in [0.25, 0.3) is 0 Å². The Labute approximate surface area is 157 Å². The first kappa shape index (κ1) is 18.8. The lowest BCUT2D eigenvalue weighted by atomic mass is 10.2. The van der Waals surface area contributed by atoms with Gasteiger partial charge in [-0.2, -0.15) is 11.8 Å². The van der Waals surface area contributed by atoms with E-state index in [-0.39, 0.29) is 24.5 Å². The average Bonchev–Trinajstić information content (AvgIpc) is 3.45. The normalized spacial score (nSPS) is 19.5. The molecule has 1 saturated heterocycles. The lowest BCUT2D eigenvalue weighted by Crippen LogP contribution is -2.39. The van der Waals surface area contributed by atoms with Crippen molar-refractivity contribution in [3.8, 4) is 11.5 Å². The fourth-order valence-electron chi connectivity index (χ4n) is 2.69. The number of amides is 2. The standard InChI is InChI=1S/C18H25N3O4S/c1-24-15-5-4-13(21-17(22)9-14-11-26-7-6-19-14)8-16(15)25-10-18(23)20-12-2-3-12/h4-5,8,12,14,19H,2-3,6-7,9-11H2,1H3,(H,20,23)(H,21,22). The molecular formula is C18H25N3O4S. The van der Waals surface area contributed by atoms with Gasteiger partial charge in [0.05, 0.1) is 7.11 Å². The number of methoxy groups -OCH3 is 1. The minimum absolute atomic E-state index is 0.0485. The maximum Gasteiger partial charge on any atom is 0.258 e. The zero-order valence-electron chi connectivity index (χ0n) is 14.9. The minimum Gasteiger partial charge on any atom is -0.493 e. The van der Waals surface area contributed by atoms with Gasteiger partial charge >= 0.3 is 0 Å². The fraction of sp³-hybridized carbons (Fsp3) is 0.556. The number of hydrogen-bond donors (Lipinski definition) is 3. The van der Waals surface area contributed by atoms with Crippen molar-refractivity contribution in [1.29, 1.82) is 0 Å². The molecule has 3 N–H and O–H groups in total. The van der Waals surface area contributed by atoms with Crippen molar-refractivity contribution in [3.63, 3.8) is 0 Å². The summed E-state index contributed by atoms with van der Waals surface area (Å²) in [6.07, 6.45) is 2.49. The predicted octanol–water partition coefficient (Wildman–Crippen LogP) is 1.39. The van der Waals surface area contributed by atoms with Gasteiger partial charge in [0.15, 0.2) is 18.1 Å². The van der Waals surface area contributed by atoms with Crippen LogP contribution in [0.4, 0.5) is 5.69 Å². The number of hydrogen-bond acceptors (Lipinski definition) is 6. The van der Waals surface area contributed by atoms with E-state index in [2.05, 4.69) is 16.0 Å². The van der Waals surface area contributed by atoms with Crippen LogP contribution in [0.3, 0.4) is 0 Å². The lowest BCUT2D eigenvalue weighted by molar-refractivity contribution is -0.123. The van der Waals surface area contributed by atoms with Gasteiger partial charge in [-0.05, 0) is 25.0 Å². The molecule has 0 aromatic heterocycles. The molecule has 2 amide bonds. The van der Waals surface area contributed by atoms with Gasteiger partial charge in [0, 0.05) is 48.3 Å². The molecule has 1 atom stereocenters. The summed E-state index contributed by atoms with van der Waals surface area (Å²) >= 11 is 1.86. The number of thioether (sulfide) groups is 1. The molecule has 7 nitrogen and oxygen atoms in total. The number of carbonyl (C=O) groups excluding carboxylic acids is 2. The van der Waals surface area contributed by atoms with Crippen LogP contribution in [0, 0.1) is 0 Å². The second-order valence-electron chi connectivity index (χ2n) is 6.47. The molecule has 3 rings (SSSR count). The highest BCUT2D eigenvalue weighted by molar-refractivity contribution is 7.99. The molecule has 1 aliphatic carbocycles. The zero-order valence-corrected chi connectivity index (χ0v) is 15.7. The van der Waals surface area contributed by atoms with E-state index in [1.807, 2.05) is 11.8 Å². The highest BCUT2D eigenvalue weighted by atomic mass is 32.2. The van der Waals surface area contributed by atoms with Crippen LogP contribution < -0.4 is 25.4 Å². The summed E-state index contributed by atoms with van der Waals surface area (Å²) in [5, 5.41) is 9.10. The SMILES string of the molecule is COc1ccc(NC(=O)CC2CSCCN2)cc1OCC(=O)NC1CC1. The average molecular weight is 379 g/mol. The van der Waals surface area contributed by atoms with Crippen LogP contribution in [0.15, 0.2) is 18.2 Å². The maximum absolute atomic E-state index is 12.2. The topological polar surface area (TPSA) is 88.7 Å². The Morgan fingerprint density at radius 2 is 2.12 bits per heavy atom. The Morgan fingerprint density at radius 3 is 2.81 bits per heavy atom. The summed E-state index contributed by atoms with van der Waals surface area (Å²) in [6.45, 7) is 0.861. The van der Waals surface area contributed by atoms with Gasteiger partial charge in [-0.3, -0.25) is 9.59 Å². The number of rotatable bonds is 8. The summed E-state index contributed by atoms with van der Waals surface area (Å²) in [4.78, 5) is 24.0. The number of nitrogens with one attached hydrogen (secondary N) is 3. The quantitative estimate of drug-likeness (QED) is 0.633. The zero-order chi connectivity index (χ0) is 18.4. The van der Waals surface area contributed by atoms with E-state index in [0.717, 1.165) is 30.9 Å². The predicted molar refractivity (Wildman–Crippen MR) is 102 cm³/mol. The van der Waals surface area contributed by atoms with Gasteiger partial charge in [0.25, 0.3) is 5.91 Å². The van der Waals surface area contributed by atoms with Crippen molar-refractivity contribution in [2.24, 2.45) is 0 Å². The molecule has 142 valence electrons. The molecule has 26 heavy (non-hydrogen) atoms. The van der Waals surface area contributed by atoms with Crippen LogP contribution in [-0.2, 0) is 9.59 Å². The first-order chi connectivity index (χ1) is 12.6. The lowest BCUT2D eigenvalue weighted by Gasteiger charge is -2.22. The smallest absolute Gasteiger partial charge is 0.258 e. The number of ether oxygens (including phenoxy) is 2. The van der Waals surface area contributed by atoms with Crippen molar-refractivity contribution in [1.82, 2.24) is 10.6 Å². The van der Waals surface area contributed by atoms with E-state index in [0.29, 0.717) is 29.6 Å². The highest BCUT2D eigenvalue weighted by Gasteiger charge is 2.23. The maximum atomic E-state index is 12.2. The van der Waals surface area contributed by atoms with Crippen LogP contribution in [0.2, 0.25) is 0 Å². The molecule has 0 spiro atoms. The van der Waals surface area contributed by atoms with Gasteiger partial charge in [-0.1, -0.05) is 0 Å². The first-order valence-corrected chi connectivity index (χ1v) is 10.0. The summed E-state index contributed by atoms with van der Waals surface area (Å²) < 4.78 is 10.9. The van der Waals surface area contributed by atoms with Crippen molar-refractivity contribution in [2.75, 3.05) is 37.1 Å². The second-order valence-corrected chi connectivity index (χ2v) is 7.62. The third kappa shape index (κ3) is 5.81. The van der Waals surface area contributed by atoms with E-state index >= 15 is 0 Å². The summed E-state index contributed by atoms with van der Waals surface area (Å²) in [5.41, 5.74) is 0.622. The molecule has 1 unspecified atom stereocenters. The molecule has 1 heterocycles. The van der Waals surface area contributed by atoms with E-state index < -0.39 is 0 Å². The van der Waals surface area contributed by atoms with E-state index in [9.17, 15) is 9.59 Å². The third-order valence-corrected chi connectivity index (χ3v) is 5.31. The summed E-state index contributed by atoms with van der Waals surface area (Å²) in [6, 6.07) is 5.67. The Balaban J connectivity index is 1.54. The van der Waals surface area contributed by atoms with Gasteiger partial charge in [-0.15, -0.1) is 0 Å². The van der Waals surface area contributed by atoms with Crippen molar-refractivity contribution in [2.45, 2.75) is 31.3 Å². The molecular weight excluding hydrogens is 354 g/mol. The second kappa shape index (κ2) is 9.14. The van der Waals surface area contributed by atoms with Gasteiger partial charge in [0.1, 0.15) is 0 Å². The molecule has 0 radical (unpaired) electrons. The van der Waals surface area contributed by atoms with E-state index in [1.165, 1.54) is 7.11 Å². The highest BCUT2D eigenvalue weighted by Crippen LogP contribution is 2.30. The molecule has 1 aromatic rings. The molecule has 2 fully saturated rings. The monoisotopic (exact) mass is 379 g/mol. The van der Waals surface area contributed by atoms with Gasteiger partial charge < -0.3 is 25.4 Å². The molecule has 1 aromatic carbocycles. The van der Waals surface area contributed by atoms with Crippen LogP contribution in [0.1, 0.15) is 19.3 Å². The minimum atomic E-state index is -0.148. The fourth-order valence-corrected chi connectivity index (χ4v) is 3.64. The number of carbonyl (C=O) groups is 2. The van der Waals surface area contributed by atoms with E-state index in [4.69, 9.17) is 9.47 Å².